The largest absolute Gasteiger partial charge is 0.481 e. The minimum absolute atomic E-state index is 0.00933. The van der Waals surface area contributed by atoms with Gasteiger partial charge in [-0.05, 0) is 36.2 Å². The first-order valence-corrected chi connectivity index (χ1v) is 12.3. The lowest BCUT2D eigenvalue weighted by molar-refractivity contribution is -0.147. The quantitative estimate of drug-likeness (QED) is 0.200. The molecule has 0 spiro atoms. The van der Waals surface area contributed by atoms with Gasteiger partial charge < -0.3 is 31.5 Å². The summed E-state index contributed by atoms with van der Waals surface area (Å²) in [5.41, 5.74) is 14.6. The number of nitrogens with two attached hydrogens (primary N) is 2. The van der Waals surface area contributed by atoms with Crippen molar-refractivity contribution < 1.29 is 24.2 Å². The first-order valence-electron chi connectivity index (χ1n) is 12.3. The lowest BCUT2D eigenvalue weighted by Crippen LogP contribution is -2.42. The van der Waals surface area contributed by atoms with E-state index in [4.69, 9.17) is 21.3 Å². The van der Waals surface area contributed by atoms with Crippen molar-refractivity contribution in [1.29, 1.82) is 0 Å². The number of ether oxygens (including phenoxy) is 1. The van der Waals surface area contributed by atoms with Crippen molar-refractivity contribution in [3.8, 4) is 0 Å². The Hall–Kier alpha value is -5.33. The van der Waals surface area contributed by atoms with Gasteiger partial charge in [0.1, 0.15) is 12.6 Å². The summed E-state index contributed by atoms with van der Waals surface area (Å²) in [6.45, 7) is 0.387. The Labute approximate surface area is 229 Å². The molecule has 0 aliphatic carbocycles. The molecule has 206 valence electrons. The summed E-state index contributed by atoms with van der Waals surface area (Å²) in [5.74, 6) is -2.17. The van der Waals surface area contributed by atoms with Crippen LogP contribution in [0.5, 0.6) is 0 Å². The van der Waals surface area contributed by atoms with E-state index in [9.17, 15) is 14.4 Å². The predicted molar refractivity (Wildman–Crippen MR) is 147 cm³/mol. The van der Waals surface area contributed by atoms with Crippen LogP contribution in [0.15, 0.2) is 60.8 Å². The van der Waals surface area contributed by atoms with Crippen molar-refractivity contribution in [3.05, 3.63) is 77.6 Å². The van der Waals surface area contributed by atoms with E-state index in [1.165, 1.54) is 0 Å². The van der Waals surface area contributed by atoms with Crippen LogP contribution in [0.2, 0.25) is 0 Å². The van der Waals surface area contributed by atoms with Crippen LogP contribution in [0, 0.1) is 0 Å². The fourth-order valence-corrected chi connectivity index (χ4v) is 3.85. The molecule has 4 rings (SSSR count). The summed E-state index contributed by atoms with van der Waals surface area (Å²) in [4.78, 5) is 55.2. The van der Waals surface area contributed by atoms with Crippen molar-refractivity contribution >= 4 is 46.5 Å². The third kappa shape index (κ3) is 7.16. The zero-order chi connectivity index (χ0) is 28.6. The highest BCUT2D eigenvalue weighted by atomic mass is 16.5. The number of fused-ring (bicyclic) bond motifs is 1. The van der Waals surface area contributed by atoms with Gasteiger partial charge in [0.2, 0.25) is 5.95 Å². The highest BCUT2D eigenvalue weighted by Gasteiger charge is 2.24. The number of carboxylic acids is 1. The van der Waals surface area contributed by atoms with Crippen molar-refractivity contribution in [3.63, 3.8) is 0 Å². The van der Waals surface area contributed by atoms with Gasteiger partial charge in [0.05, 0.1) is 18.4 Å². The molecule has 0 saturated heterocycles. The number of aliphatic carboxylic acids is 1. The smallest absolute Gasteiger partial charge is 0.328 e. The van der Waals surface area contributed by atoms with Crippen LogP contribution in [0.25, 0.3) is 11.2 Å². The summed E-state index contributed by atoms with van der Waals surface area (Å²) in [6.07, 6.45) is 1.16. The molecule has 0 fully saturated rings. The van der Waals surface area contributed by atoms with Crippen LogP contribution >= 0.6 is 0 Å². The Morgan fingerprint density at radius 3 is 2.45 bits per heavy atom. The number of anilines is 3. The Morgan fingerprint density at radius 2 is 1.75 bits per heavy atom. The lowest BCUT2D eigenvalue weighted by atomic mass is 10.1. The van der Waals surface area contributed by atoms with Crippen LogP contribution in [0.4, 0.5) is 17.5 Å². The molecular formula is C27H28N8O5. The highest BCUT2D eigenvalue weighted by molar-refractivity contribution is 5.97. The molecule has 2 aromatic carbocycles. The Morgan fingerprint density at radius 1 is 1.02 bits per heavy atom. The molecule has 0 saturated carbocycles. The first-order chi connectivity index (χ1) is 19.2. The molecule has 0 bridgehead atoms. The molecule has 0 aliphatic heterocycles. The molecule has 0 unspecified atom stereocenters. The number of carbonyl (C=O) groups excluding carboxylic acids is 2. The zero-order valence-electron chi connectivity index (χ0n) is 21.7. The van der Waals surface area contributed by atoms with E-state index in [0.29, 0.717) is 29.0 Å². The average molecular weight is 545 g/mol. The standard InChI is InChI=1S/C27H28N8O5/c1-35(14-18-13-30-24-22(31-18)23(28)33-27(29)34-24)19-9-7-17(8-10-19)25(38)32-20(11-12-21(36)37)26(39)40-15-16-5-3-2-4-6-16/h2-10,13,20H,11-12,14-15H2,1H3,(H,32,38)(H,36,37)(H4,28,29,30,33,34)/t20-/m0/s1. The Balaban J connectivity index is 1.39. The summed E-state index contributed by atoms with van der Waals surface area (Å²) in [7, 11) is 1.84. The van der Waals surface area contributed by atoms with Crippen molar-refractivity contribution in [2.24, 2.45) is 0 Å². The van der Waals surface area contributed by atoms with Crippen LogP contribution in [-0.4, -0.2) is 56.0 Å². The van der Waals surface area contributed by atoms with Crippen molar-refractivity contribution in [1.82, 2.24) is 25.3 Å². The van der Waals surface area contributed by atoms with E-state index in [1.54, 1.807) is 42.6 Å². The number of benzene rings is 2. The molecule has 0 radical (unpaired) electrons. The van der Waals surface area contributed by atoms with E-state index in [-0.39, 0.29) is 31.2 Å². The number of amides is 1. The fraction of sp³-hybridized carbons (Fsp3) is 0.222. The molecule has 2 aromatic heterocycles. The SMILES string of the molecule is CN(Cc1cnc2nc(N)nc(N)c2n1)c1ccc(C(=O)N[C@@H](CCC(=O)O)C(=O)OCc2ccccc2)cc1. The molecule has 1 amide bonds. The van der Waals surface area contributed by atoms with Gasteiger partial charge in [0.25, 0.3) is 5.91 Å². The lowest BCUT2D eigenvalue weighted by Gasteiger charge is -2.20. The van der Waals surface area contributed by atoms with Gasteiger partial charge in [-0.1, -0.05) is 30.3 Å². The molecule has 40 heavy (non-hydrogen) atoms. The van der Waals surface area contributed by atoms with Gasteiger partial charge >= 0.3 is 11.9 Å². The third-order valence-electron chi connectivity index (χ3n) is 5.93. The maximum Gasteiger partial charge on any atom is 0.328 e. The number of rotatable bonds is 11. The maximum atomic E-state index is 12.9. The summed E-state index contributed by atoms with van der Waals surface area (Å²) in [6, 6.07) is 14.6. The van der Waals surface area contributed by atoms with Gasteiger partial charge in [0, 0.05) is 24.7 Å². The minimum Gasteiger partial charge on any atom is -0.481 e. The van der Waals surface area contributed by atoms with Gasteiger partial charge in [-0.2, -0.15) is 9.97 Å². The second-order valence-corrected chi connectivity index (χ2v) is 8.96. The number of nitrogens with one attached hydrogen (secondary N) is 1. The second-order valence-electron chi connectivity index (χ2n) is 8.96. The van der Waals surface area contributed by atoms with E-state index in [1.807, 2.05) is 30.1 Å². The van der Waals surface area contributed by atoms with Crippen LogP contribution in [0.3, 0.4) is 0 Å². The number of esters is 1. The monoisotopic (exact) mass is 544 g/mol. The van der Waals surface area contributed by atoms with E-state index in [2.05, 4.69) is 25.3 Å². The minimum atomic E-state index is -1.12. The molecule has 6 N–H and O–H groups in total. The number of nitrogen functional groups attached to an aromatic ring is 2. The molecule has 1 atom stereocenters. The van der Waals surface area contributed by atoms with Crippen LogP contribution < -0.4 is 21.7 Å². The maximum absolute atomic E-state index is 12.9. The van der Waals surface area contributed by atoms with Gasteiger partial charge in [-0.15, -0.1) is 0 Å². The molecule has 13 heteroatoms. The number of carboxylic acid groups (broad SMARTS) is 1. The second kappa shape index (κ2) is 12.5. The molecule has 0 aliphatic rings. The topological polar surface area (TPSA) is 200 Å². The Bertz CT molecular complexity index is 1520. The Kier molecular flexibility index (Phi) is 8.64. The molecule has 13 nitrogen and oxygen atoms in total. The molecular weight excluding hydrogens is 516 g/mol. The average Bonchev–Trinajstić information content (AvgIpc) is 2.94. The van der Waals surface area contributed by atoms with Crippen LogP contribution in [-0.2, 0) is 27.5 Å². The molecule has 2 heterocycles. The third-order valence-corrected chi connectivity index (χ3v) is 5.93. The summed E-state index contributed by atoms with van der Waals surface area (Å²) >= 11 is 0. The molecule has 4 aromatic rings. The normalized spacial score (nSPS) is 11.5. The number of hydrogen-bond donors (Lipinski definition) is 4. The van der Waals surface area contributed by atoms with E-state index in [0.717, 1.165) is 11.3 Å². The number of hydrogen-bond acceptors (Lipinski definition) is 11. The first kappa shape index (κ1) is 27.7. The van der Waals surface area contributed by atoms with E-state index >= 15 is 0 Å². The highest BCUT2D eigenvalue weighted by Crippen LogP contribution is 2.19. The van der Waals surface area contributed by atoms with Crippen molar-refractivity contribution in [2.75, 3.05) is 23.4 Å². The van der Waals surface area contributed by atoms with Crippen LogP contribution in [0.1, 0.15) is 34.5 Å². The van der Waals surface area contributed by atoms with Gasteiger partial charge in [0.15, 0.2) is 17.0 Å². The van der Waals surface area contributed by atoms with Crippen molar-refractivity contribution in [2.45, 2.75) is 32.0 Å². The van der Waals surface area contributed by atoms with E-state index < -0.39 is 23.9 Å². The zero-order valence-corrected chi connectivity index (χ0v) is 21.7. The summed E-state index contributed by atoms with van der Waals surface area (Å²) < 4.78 is 5.32. The predicted octanol–water partition coefficient (Wildman–Crippen LogP) is 1.93. The van der Waals surface area contributed by atoms with Gasteiger partial charge in [-0.3, -0.25) is 9.59 Å². The summed E-state index contributed by atoms with van der Waals surface area (Å²) in [5, 5.41) is 11.7. The fourth-order valence-electron chi connectivity index (χ4n) is 3.85. The number of nitrogens with zero attached hydrogens (tertiary/aromatic N) is 5. The van der Waals surface area contributed by atoms with Gasteiger partial charge in [-0.25, -0.2) is 14.8 Å². The number of carbonyl (C=O) groups is 3. The number of aromatic nitrogens is 4.